The van der Waals surface area contributed by atoms with Crippen molar-refractivity contribution < 1.29 is 0 Å². The maximum Gasteiger partial charge on any atom is 0.252 e. The molecule has 4 heteroatoms. The first kappa shape index (κ1) is 46.4. The second kappa shape index (κ2) is 15.3. The van der Waals surface area contributed by atoms with Gasteiger partial charge in [-0.1, -0.05) is 174 Å². The molecule has 1 aliphatic carbocycles. The molecule has 0 saturated heterocycles. The van der Waals surface area contributed by atoms with Gasteiger partial charge in [0.1, 0.15) is 0 Å². The molecule has 0 fully saturated rings. The molecule has 0 bridgehead atoms. The maximum absolute atomic E-state index is 2.77. The van der Waals surface area contributed by atoms with Crippen molar-refractivity contribution in [1.29, 1.82) is 0 Å². The lowest BCUT2D eigenvalue weighted by Crippen LogP contribution is -2.61. The monoisotopic (exact) mass is 920 g/mol. The van der Waals surface area contributed by atoms with E-state index < -0.39 is 0 Å². The van der Waals surface area contributed by atoms with Crippen molar-refractivity contribution in [3.05, 3.63) is 184 Å². The van der Waals surface area contributed by atoms with Crippen LogP contribution in [0, 0.1) is 13.8 Å². The van der Waals surface area contributed by atoms with Crippen LogP contribution < -0.4 is 31.1 Å². The summed E-state index contributed by atoms with van der Waals surface area (Å²) in [5.74, 6) is 0. The summed E-state index contributed by atoms with van der Waals surface area (Å²) in [6.45, 7) is 37.9. The van der Waals surface area contributed by atoms with Crippen molar-refractivity contribution in [2.24, 2.45) is 0 Å². The van der Waals surface area contributed by atoms with E-state index in [4.69, 9.17) is 0 Å². The number of benzene rings is 7. The molecular formula is C66H74BN3. The lowest BCUT2D eigenvalue weighted by atomic mass is 9.33. The van der Waals surface area contributed by atoms with Crippen molar-refractivity contribution >= 4 is 68.6 Å². The van der Waals surface area contributed by atoms with Gasteiger partial charge in [0, 0.05) is 50.9 Å². The van der Waals surface area contributed by atoms with E-state index in [0.717, 1.165) is 12.8 Å². The van der Waals surface area contributed by atoms with E-state index in [2.05, 4.69) is 259 Å². The Morgan fingerprint density at radius 2 is 1.00 bits per heavy atom. The number of nitrogens with zero attached hydrogens (tertiary/aromatic N) is 3. The number of hydrogen-bond acceptors (Lipinski definition) is 3. The molecule has 0 aromatic heterocycles. The largest absolute Gasteiger partial charge is 0.330 e. The van der Waals surface area contributed by atoms with Gasteiger partial charge in [0.05, 0.1) is 5.54 Å². The maximum atomic E-state index is 2.77. The molecule has 0 amide bonds. The van der Waals surface area contributed by atoms with E-state index >= 15 is 0 Å². The highest BCUT2D eigenvalue weighted by Crippen LogP contribution is 2.65. The molecule has 3 heterocycles. The Kier molecular flexibility index (Phi) is 10.1. The van der Waals surface area contributed by atoms with Crippen molar-refractivity contribution in [2.45, 2.75) is 156 Å². The van der Waals surface area contributed by atoms with Gasteiger partial charge < -0.3 is 14.7 Å². The Hall–Kier alpha value is -6.00. The van der Waals surface area contributed by atoms with Crippen LogP contribution in [0.5, 0.6) is 0 Å². The molecule has 2 unspecified atom stereocenters. The second-order valence-corrected chi connectivity index (χ2v) is 26.0. The van der Waals surface area contributed by atoms with E-state index in [1.54, 1.807) is 0 Å². The highest BCUT2D eigenvalue weighted by molar-refractivity contribution is 7.00. The number of aryl methyl sites for hydroxylation is 3. The lowest BCUT2D eigenvalue weighted by molar-refractivity contribution is 0.245. The molecular weight excluding hydrogens is 846 g/mol. The van der Waals surface area contributed by atoms with Crippen molar-refractivity contribution in [3.63, 3.8) is 0 Å². The summed E-state index contributed by atoms with van der Waals surface area (Å²) in [4.78, 5) is 8.04. The zero-order valence-electron chi connectivity index (χ0n) is 45.0. The van der Waals surface area contributed by atoms with Gasteiger partial charge in [-0.05, 0) is 171 Å². The quantitative estimate of drug-likeness (QED) is 0.164. The smallest absolute Gasteiger partial charge is 0.252 e. The van der Waals surface area contributed by atoms with Crippen LogP contribution in [0.1, 0.15) is 153 Å². The number of anilines is 8. The molecule has 3 nitrogen and oxygen atoms in total. The van der Waals surface area contributed by atoms with Gasteiger partial charge in [-0.25, -0.2) is 0 Å². The zero-order valence-corrected chi connectivity index (χ0v) is 45.0. The Morgan fingerprint density at radius 1 is 0.457 bits per heavy atom. The number of rotatable bonds is 3. The SMILES string of the molecule is Cc1cc(C)c2c(c1)C1(C)CCc3ccccc3C1(C)N2c1ccc2c(c1)N(c1ccc(C(C)(C)C)cc1)c1cc(C(C)(C)C)cc3c1B2c1ccc(C(C)(C)C)cc1N3c1cccc(C(C)(C)C)c1. The molecule has 0 spiro atoms. The molecule has 2 atom stereocenters. The van der Waals surface area contributed by atoms with Crippen molar-refractivity contribution in [3.8, 4) is 0 Å². The first-order chi connectivity index (χ1) is 32.8. The third kappa shape index (κ3) is 6.82. The second-order valence-electron chi connectivity index (χ2n) is 26.0. The van der Waals surface area contributed by atoms with Gasteiger partial charge in [0.15, 0.2) is 0 Å². The van der Waals surface area contributed by atoms with E-state index in [1.165, 1.54) is 112 Å². The van der Waals surface area contributed by atoms with Gasteiger partial charge in [0.25, 0.3) is 6.71 Å². The highest BCUT2D eigenvalue weighted by Gasteiger charge is 2.60. The molecule has 70 heavy (non-hydrogen) atoms. The molecule has 7 aromatic carbocycles. The number of hydrogen-bond donors (Lipinski definition) is 0. The summed E-state index contributed by atoms with van der Waals surface area (Å²) >= 11 is 0. The Labute approximate surface area is 421 Å². The average molecular weight is 920 g/mol. The fourth-order valence-electron chi connectivity index (χ4n) is 13.0. The van der Waals surface area contributed by atoms with Crippen molar-refractivity contribution in [1.82, 2.24) is 0 Å². The van der Waals surface area contributed by atoms with Crippen molar-refractivity contribution in [2.75, 3.05) is 14.7 Å². The third-order valence-corrected chi connectivity index (χ3v) is 17.2. The van der Waals surface area contributed by atoms with Gasteiger partial charge in [-0.3, -0.25) is 0 Å². The Bertz CT molecular complexity index is 3280. The van der Waals surface area contributed by atoms with Gasteiger partial charge in [-0.2, -0.15) is 0 Å². The summed E-state index contributed by atoms with van der Waals surface area (Å²) in [6.07, 6.45) is 2.18. The molecule has 7 aromatic rings. The van der Waals surface area contributed by atoms with Gasteiger partial charge >= 0.3 is 0 Å². The highest BCUT2D eigenvalue weighted by atomic mass is 15.3. The standard InChI is InChI=1S/C66H74BN3/c1-41-34-42(2)60-52(35-41)65(15)33-32-43-20-17-18-23-51(43)66(65,16)70(60)50-29-31-54-56(40-50)68(48-27-24-44(25-28-48)61(3,4)5)57-38-47(64(12,13)14)39-58-59(57)67(54)53-30-26-46(63(9,10)11)37-55(53)69(58)49-22-19-21-45(36-49)62(6,7)8/h17-31,34-40H,32-33H2,1-16H3. The van der Waals surface area contributed by atoms with E-state index in [1.807, 2.05) is 0 Å². The average Bonchev–Trinajstić information content (AvgIpc) is 3.50. The minimum atomic E-state index is -0.321. The fourth-order valence-corrected chi connectivity index (χ4v) is 13.0. The van der Waals surface area contributed by atoms with Crippen LogP contribution in [-0.2, 0) is 39.0 Å². The third-order valence-electron chi connectivity index (χ3n) is 17.2. The van der Waals surface area contributed by atoms with Crippen LogP contribution in [0.25, 0.3) is 0 Å². The van der Waals surface area contributed by atoms with Crippen LogP contribution in [-0.4, -0.2) is 6.71 Å². The van der Waals surface area contributed by atoms with Gasteiger partial charge in [0.2, 0.25) is 0 Å². The van der Waals surface area contributed by atoms with Gasteiger partial charge in [-0.15, -0.1) is 0 Å². The predicted octanol–water partition coefficient (Wildman–Crippen LogP) is 15.8. The predicted molar refractivity (Wildman–Crippen MR) is 303 cm³/mol. The Balaban J connectivity index is 1.24. The van der Waals surface area contributed by atoms with E-state index in [-0.39, 0.29) is 39.3 Å². The summed E-state index contributed by atoms with van der Waals surface area (Å²) in [6, 6.07) is 53.2. The minimum Gasteiger partial charge on any atom is -0.330 e. The molecule has 3 aliphatic heterocycles. The molecule has 11 rings (SSSR count). The normalized spacial score (nSPS) is 19.3. The fraction of sp³-hybridized carbons (Fsp3) is 0.364. The van der Waals surface area contributed by atoms with Crippen LogP contribution in [0.4, 0.5) is 45.5 Å². The summed E-state index contributed by atoms with van der Waals surface area (Å²) < 4.78 is 0. The molecule has 356 valence electrons. The summed E-state index contributed by atoms with van der Waals surface area (Å²) in [5.41, 5.74) is 25.9. The molecule has 4 aliphatic rings. The summed E-state index contributed by atoms with van der Waals surface area (Å²) in [7, 11) is 0. The van der Waals surface area contributed by atoms with E-state index in [0.29, 0.717) is 0 Å². The number of fused-ring (bicyclic) bond motifs is 9. The topological polar surface area (TPSA) is 9.72 Å². The Morgan fingerprint density at radius 3 is 1.64 bits per heavy atom. The summed E-state index contributed by atoms with van der Waals surface area (Å²) in [5, 5.41) is 0. The first-order valence-electron chi connectivity index (χ1n) is 26.1. The minimum absolute atomic E-state index is 0.00532. The molecule has 0 saturated carbocycles. The molecule has 0 radical (unpaired) electrons. The van der Waals surface area contributed by atoms with Crippen LogP contribution in [0.2, 0.25) is 0 Å². The van der Waals surface area contributed by atoms with Crippen LogP contribution >= 0.6 is 0 Å². The van der Waals surface area contributed by atoms with E-state index in [9.17, 15) is 0 Å². The van der Waals surface area contributed by atoms with Crippen LogP contribution in [0.15, 0.2) is 133 Å². The van der Waals surface area contributed by atoms with Crippen LogP contribution in [0.3, 0.4) is 0 Å². The lowest BCUT2D eigenvalue weighted by Gasteiger charge is -2.51. The zero-order chi connectivity index (χ0) is 49.8. The first-order valence-corrected chi connectivity index (χ1v) is 26.1. The molecule has 0 N–H and O–H groups in total.